The lowest BCUT2D eigenvalue weighted by atomic mass is 10.2. The van der Waals surface area contributed by atoms with Crippen molar-refractivity contribution in [2.45, 2.75) is 33.7 Å². The fourth-order valence-corrected chi connectivity index (χ4v) is 1.86. The van der Waals surface area contributed by atoms with Gasteiger partial charge in [0.05, 0.1) is 13.0 Å². The lowest BCUT2D eigenvalue weighted by Gasteiger charge is -2.10. The first-order valence-electron chi connectivity index (χ1n) is 7.41. The average molecular weight is 296 g/mol. The van der Waals surface area contributed by atoms with Crippen LogP contribution >= 0.6 is 0 Å². The number of carbonyl (C=O) groups is 1. The average Bonchev–Trinajstić information content (AvgIpc) is 2.38. The highest BCUT2D eigenvalue weighted by atomic mass is 19.1. The van der Waals surface area contributed by atoms with Crippen molar-refractivity contribution in [1.29, 1.82) is 0 Å². The number of halogens is 1. The Bertz CT molecular complexity index is 450. The van der Waals surface area contributed by atoms with Crippen molar-refractivity contribution < 1.29 is 13.9 Å². The number of rotatable bonds is 9. The second-order valence-electron chi connectivity index (χ2n) is 5.37. The fourth-order valence-electron chi connectivity index (χ4n) is 1.86. The van der Waals surface area contributed by atoms with E-state index in [1.165, 1.54) is 12.1 Å². The number of benzene rings is 1. The molecule has 0 radical (unpaired) electrons. The fraction of sp³-hybridized carbons (Fsp3) is 0.562. The van der Waals surface area contributed by atoms with Gasteiger partial charge in [0.15, 0.2) is 0 Å². The summed E-state index contributed by atoms with van der Waals surface area (Å²) in [7, 11) is 0. The minimum Gasteiger partial charge on any atom is -0.493 e. The van der Waals surface area contributed by atoms with Crippen LogP contribution in [0.1, 0.15) is 32.8 Å². The van der Waals surface area contributed by atoms with Gasteiger partial charge in [0.25, 0.3) is 0 Å². The third-order valence-electron chi connectivity index (χ3n) is 2.78. The van der Waals surface area contributed by atoms with Gasteiger partial charge in [-0.3, -0.25) is 4.79 Å². The van der Waals surface area contributed by atoms with E-state index in [0.29, 0.717) is 24.8 Å². The number of hydrogen-bond acceptors (Lipinski definition) is 3. The molecule has 21 heavy (non-hydrogen) atoms. The first-order valence-corrected chi connectivity index (χ1v) is 7.41. The first-order chi connectivity index (χ1) is 10.0. The molecule has 0 aliphatic heterocycles. The molecule has 0 aliphatic carbocycles. The third kappa shape index (κ3) is 7.66. The molecule has 0 fully saturated rings. The quantitative estimate of drug-likeness (QED) is 0.736. The molecule has 0 saturated carbocycles. The number of ether oxygens (including phenoxy) is 1. The van der Waals surface area contributed by atoms with Gasteiger partial charge in [-0.05, 0) is 37.1 Å². The largest absolute Gasteiger partial charge is 0.493 e. The summed E-state index contributed by atoms with van der Waals surface area (Å²) in [5.41, 5.74) is 0.837. The van der Waals surface area contributed by atoms with Crippen LogP contribution in [0.3, 0.4) is 0 Å². The molecular formula is C16H25FN2O2. The predicted molar refractivity (Wildman–Crippen MR) is 81.7 cm³/mol. The number of amides is 1. The maximum atomic E-state index is 13.5. The topological polar surface area (TPSA) is 50.4 Å². The molecule has 0 aromatic heterocycles. The highest BCUT2D eigenvalue weighted by molar-refractivity contribution is 5.75. The first kappa shape index (κ1) is 17.4. The molecule has 0 spiro atoms. The summed E-state index contributed by atoms with van der Waals surface area (Å²) in [6.45, 7) is 8.43. The zero-order valence-electron chi connectivity index (χ0n) is 13.0. The minimum atomic E-state index is -0.327. The van der Waals surface area contributed by atoms with Crippen LogP contribution in [0.2, 0.25) is 0 Å². The molecule has 2 N–H and O–H groups in total. The minimum absolute atomic E-state index is 0.0623. The molecule has 0 bridgehead atoms. The Kier molecular flexibility index (Phi) is 7.75. The second-order valence-corrected chi connectivity index (χ2v) is 5.37. The maximum Gasteiger partial charge on any atom is 0.223 e. The van der Waals surface area contributed by atoms with E-state index in [1.807, 2.05) is 6.92 Å². The van der Waals surface area contributed by atoms with E-state index < -0.39 is 0 Å². The van der Waals surface area contributed by atoms with Crippen LogP contribution < -0.4 is 15.4 Å². The molecular weight excluding hydrogens is 271 g/mol. The Balaban J connectivity index is 2.47. The van der Waals surface area contributed by atoms with E-state index in [0.717, 1.165) is 12.1 Å². The van der Waals surface area contributed by atoms with Crippen molar-refractivity contribution in [2.75, 3.05) is 19.7 Å². The molecule has 118 valence electrons. The second kappa shape index (κ2) is 9.34. The number of nitrogens with one attached hydrogen (secondary N) is 2. The zero-order chi connectivity index (χ0) is 15.7. The summed E-state index contributed by atoms with van der Waals surface area (Å²) in [5, 5.41) is 5.95. The van der Waals surface area contributed by atoms with Crippen molar-refractivity contribution >= 4 is 5.91 Å². The van der Waals surface area contributed by atoms with Crippen molar-refractivity contribution in [3.8, 4) is 5.75 Å². The Morgan fingerprint density at radius 3 is 2.76 bits per heavy atom. The van der Waals surface area contributed by atoms with Gasteiger partial charge in [0, 0.05) is 19.2 Å². The molecule has 0 unspecified atom stereocenters. The van der Waals surface area contributed by atoms with Crippen LogP contribution in [0.25, 0.3) is 0 Å². The molecule has 1 aromatic carbocycles. The van der Waals surface area contributed by atoms with Crippen molar-refractivity contribution in [1.82, 2.24) is 10.6 Å². The zero-order valence-corrected chi connectivity index (χ0v) is 13.0. The van der Waals surface area contributed by atoms with Crippen molar-refractivity contribution in [2.24, 2.45) is 5.92 Å². The molecule has 1 aromatic rings. The lowest BCUT2D eigenvalue weighted by Crippen LogP contribution is -2.24. The normalized spacial score (nSPS) is 10.7. The van der Waals surface area contributed by atoms with Crippen molar-refractivity contribution in [3.63, 3.8) is 0 Å². The van der Waals surface area contributed by atoms with E-state index in [9.17, 15) is 9.18 Å². The molecule has 1 amide bonds. The standard InChI is InChI=1S/C16H25FN2O2/c1-4-19-16(20)5-6-21-15-8-13(7-14(17)9-15)11-18-10-12(2)3/h7-9,12,18H,4-6,10-11H2,1-3H3,(H,19,20). The van der Waals surface area contributed by atoms with E-state index in [1.54, 1.807) is 6.07 Å². The maximum absolute atomic E-state index is 13.5. The molecule has 1 rings (SSSR count). The van der Waals surface area contributed by atoms with Gasteiger partial charge in [-0.25, -0.2) is 4.39 Å². The molecule has 0 aliphatic rings. The number of hydrogen-bond donors (Lipinski definition) is 2. The highest BCUT2D eigenvalue weighted by Crippen LogP contribution is 2.16. The lowest BCUT2D eigenvalue weighted by molar-refractivity contribution is -0.121. The summed E-state index contributed by atoms with van der Waals surface area (Å²) >= 11 is 0. The van der Waals surface area contributed by atoms with Crippen molar-refractivity contribution in [3.05, 3.63) is 29.6 Å². The molecule has 0 heterocycles. The van der Waals surface area contributed by atoms with Gasteiger partial charge in [-0.2, -0.15) is 0 Å². The smallest absolute Gasteiger partial charge is 0.223 e. The summed E-state index contributed by atoms with van der Waals surface area (Å²) in [5.74, 6) is 0.617. The number of carbonyl (C=O) groups excluding carboxylic acids is 1. The van der Waals surface area contributed by atoms with Crippen LogP contribution in [-0.2, 0) is 11.3 Å². The SMILES string of the molecule is CCNC(=O)CCOc1cc(F)cc(CNCC(C)C)c1. The highest BCUT2D eigenvalue weighted by Gasteiger charge is 2.04. The van der Waals surface area contributed by atoms with Crippen LogP contribution in [0.4, 0.5) is 4.39 Å². The van der Waals surface area contributed by atoms with Crippen LogP contribution in [0.15, 0.2) is 18.2 Å². The summed E-state index contributed by atoms with van der Waals surface area (Å²) in [4.78, 5) is 11.3. The van der Waals surface area contributed by atoms with E-state index >= 15 is 0 Å². The monoisotopic (exact) mass is 296 g/mol. The van der Waals surface area contributed by atoms with Gasteiger partial charge in [-0.15, -0.1) is 0 Å². The molecule has 5 heteroatoms. The Morgan fingerprint density at radius 1 is 1.33 bits per heavy atom. The summed E-state index contributed by atoms with van der Waals surface area (Å²) < 4.78 is 19.0. The van der Waals surface area contributed by atoms with Crippen LogP contribution in [0.5, 0.6) is 5.75 Å². The van der Waals surface area contributed by atoms with Gasteiger partial charge in [0.2, 0.25) is 5.91 Å². The Morgan fingerprint density at radius 2 is 2.10 bits per heavy atom. The third-order valence-corrected chi connectivity index (χ3v) is 2.78. The van der Waals surface area contributed by atoms with E-state index in [4.69, 9.17) is 4.74 Å². The molecule has 0 saturated heterocycles. The van der Waals surface area contributed by atoms with Gasteiger partial charge in [0.1, 0.15) is 11.6 Å². The predicted octanol–water partition coefficient (Wildman–Crippen LogP) is 2.48. The Labute approximate surface area is 126 Å². The van der Waals surface area contributed by atoms with Gasteiger partial charge in [-0.1, -0.05) is 13.8 Å². The Hall–Kier alpha value is -1.62. The van der Waals surface area contributed by atoms with E-state index in [2.05, 4.69) is 24.5 Å². The summed E-state index contributed by atoms with van der Waals surface area (Å²) in [6.07, 6.45) is 0.269. The van der Waals surface area contributed by atoms with Crippen LogP contribution in [-0.4, -0.2) is 25.6 Å². The molecule has 4 nitrogen and oxygen atoms in total. The van der Waals surface area contributed by atoms with E-state index in [-0.39, 0.29) is 24.8 Å². The van der Waals surface area contributed by atoms with Gasteiger partial charge >= 0.3 is 0 Å². The van der Waals surface area contributed by atoms with Gasteiger partial charge < -0.3 is 15.4 Å². The van der Waals surface area contributed by atoms with Crippen LogP contribution in [0, 0.1) is 11.7 Å². The molecule has 0 atom stereocenters. The summed E-state index contributed by atoms with van der Waals surface area (Å²) in [6, 6.07) is 4.63.